The topological polar surface area (TPSA) is 17.3 Å². The molecule has 2 nitrogen and oxygen atoms in total. The fourth-order valence-corrected chi connectivity index (χ4v) is 2.22. The van der Waals surface area contributed by atoms with E-state index >= 15 is 0 Å². The van der Waals surface area contributed by atoms with Gasteiger partial charge in [-0.05, 0) is 32.5 Å². The van der Waals surface area contributed by atoms with E-state index in [2.05, 4.69) is 40.5 Å². The molecule has 0 aliphatic carbocycles. The number of likely N-dealkylation sites (tertiary alicyclic amines) is 1. The average molecular weight is 210 g/mol. The molecule has 0 radical (unpaired) electrons. The first-order chi connectivity index (χ1) is 7.40. The molecule has 1 aliphatic rings. The van der Waals surface area contributed by atoms with Gasteiger partial charge in [0.1, 0.15) is 0 Å². The minimum absolute atomic E-state index is 0. The van der Waals surface area contributed by atoms with Gasteiger partial charge in [-0.1, -0.05) is 41.9 Å². The third kappa shape index (κ3) is 3.64. The molecule has 1 unspecified atom stereocenters. The van der Waals surface area contributed by atoms with E-state index < -0.39 is 0 Å². The van der Waals surface area contributed by atoms with Crippen LogP contribution < -0.4 is 18.9 Å². The predicted molar refractivity (Wildman–Crippen MR) is 64.1 cm³/mol. The number of rotatable bonds is 4. The summed E-state index contributed by atoms with van der Waals surface area (Å²) in [7, 11) is 1.92. The van der Waals surface area contributed by atoms with E-state index in [0.717, 1.165) is 6.54 Å². The second-order valence-electron chi connectivity index (χ2n) is 4.19. The standard InChI is InChI=1S/C13H19N2.Li/c1-14-13(11-15-9-5-6-10-15)12-7-3-2-4-8-12;/h2-4,7-8,13H,5-6,9-11H2,1H3;/q-1;+1. The van der Waals surface area contributed by atoms with Crippen LogP contribution in [-0.2, 0) is 0 Å². The van der Waals surface area contributed by atoms with E-state index in [0.29, 0.717) is 6.04 Å². The largest absolute Gasteiger partial charge is 1.00 e. The van der Waals surface area contributed by atoms with Gasteiger partial charge in [-0.3, -0.25) is 0 Å². The molecular formula is C13H19LiN2. The number of likely N-dealkylation sites (N-methyl/N-ethyl adjacent to an activating group) is 1. The third-order valence-corrected chi connectivity index (χ3v) is 3.13. The van der Waals surface area contributed by atoms with Crippen molar-refractivity contribution in [2.45, 2.75) is 18.9 Å². The van der Waals surface area contributed by atoms with E-state index in [-0.39, 0.29) is 18.9 Å². The zero-order chi connectivity index (χ0) is 10.5. The quantitative estimate of drug-likeness (QED) is 0.631. The van der Waals surface area contributed by atoms with Crippen LogP contribution >= 0.6 is 0 Å². The summed E-state index contributed by atoms with van der Waals surface area (Å²) in [6.45, 7) is 3.58. The van der Waals surface area contributed by atoms with Gasteiger partial charge >= 0.3 is 18.9 Å². The van der Waals surface area contributed by atoms with Crippen LogP contribution in [0.2, 0.25) is 0 Å². The average Bonchev–Trinajstić information content (AvgIpc) is 2.80. The Balaban J connectivity index is 0.00000128. The Morgan fingerprint density at radius 3 is 2.38 bits per heavy atom. The van der Waals surface area contributed by atoms with Crippen molar-refractivity contribution in [2.24, 2.45) is 0 Å². The van der Waals surface area contributed by atoms with E-state index in [9.17, 15) is 0 Å². The Bertz CT molecular complexity index is 283. The molecule has 82 valence electrons. The van der Waals surface area contributed by atoms with Crippen LogP contribution in [0.15, 0.2) is 30.3 Å². The Morgan fingerprint density at radius 1 is 1.19 bits per heavy atom. The molecule has 1 aliphatic heterocycles. The van der Waals surface area contributed by atoms with E-state index in [1.807, 2.05) is 7.05 Å². The molecule has 0 saturated carbocycles. The van der Waals surface area contributed by atoms with Crippen molar-refractivity contribution in [3.63, 3.8) is 0 Å². The van der Waals surface area contributed by atoms with Gasteiger partial charge in [0.15, 0.2) is 0 Å². The molecule has 16 heavy (non-hydrogen) atoms. The zero-order valence-corrected chi connectivity index (χ0v) is 10.4. The number of nitrogens with zero attached hydrogens (tertiary/aromatic N) is 2. The molecule has 1 saturated heterocycles. The second-order valence-corrected chi connectivity index (χ2v) is 4.19. The molecule has 2 rings (SSSR count). The minimum atomic E-state index is 0. The van der Waals surface area contributed by atoms with Gasteiger partial charge in [-0.25, -0.2) is 0 Å². The first-order valence-corrected chi connectivity index (χ1v) is 5.76. The maximum absolute atomic E-state index is 4.48. The van der Waals surface area contributed by atoms with Crippen LogP contribution in [0.25, 0.3) is 5.32 Å². The van der Waals surface area contributed by atoms with Gasteiger partial charge in [0.25, 0.3) is 0 Å². The number of hydrogen-bond donors (Lipinski definition) is 0. The molecule has 0 bridgehead atoms. The second kappa shape index (κ2) is 7.14. The van der Waals surface area contributed by atoms with Crippen LogP contribution in [0.3, 0.4) is 0 Å². The molecule has 0 aromatic heterocycles. The summed E-state index contributed by atoms with van der Waals surface area (Å²) in [5, 5.41) is 4.48. The van der Waals surface area contributed by atoms with E-state index in [4.69, 9.17) is 0 Å². The summed E-state index contributed by atoms with van der Waals surface area (Å²) in [6, 6.07) is 11.0. The van der Waals surface area contributed by atoms with Crippen molar-refractivity contribution < 1.29 is 18.9 Å². The van der Waals surface area contributed by atoms with Crippen LogP contribution in [0.1, 0.15) is 24.4 Å². The zero-order valence-electron chi connectivity index (χ0n) is 10.4. The van der Waals surface area contributed by atoms with E-state index in [1.165, 1.54) is 31.5 Å². The van der Waals surface area contributed by atoms with Crippen LogP contribution in [0.5, 0.6) is 0 Å². The van der Waals surface area contributed by atoms with Crippen molar-refractivity contribution in [1.29, 1.82) is 0 Å². The molecule has 3 heteroatoms. The third-order valence-electron chi connectivity index (χ3n) is 3.13. The fraction of sp³-hybridized carbons (Fsp3) is 0.538. The molecule has 1 aromatic carbocycles. The van der Waals surface area contributed by atoms with Gasteiger partial charge in [0.05, 0.1) is 0 Å². The maximum atomic E-state index is 4.48. The maximum Gasteiger partial charge on any atom is 1.00 e. The van der Waals surface area contributed by atoms with Crippen molar-refractivity contribution in [2.75, 3.05) is 26.7 Å². The van der Waals surface area contributed by atoms with Gasteiger partial charge in [0, 0.05) is 0 Å². The first kappa shape index (κ1) is 13.8. The Hall–Kier alpha value is -0.263. The monoisotopic (exact) mass is 210 g/mol. The van der Waals surface area contributed by atoms with Crippen molar-refractivity contribution in [1.82, 2.24) is 4.90 Å². The smallest absolute Gasteiger partial charge is 0.657 e. The summed E-state index contributed by atoms with van der Waals surface area (Å²) in [6.07, 6.45) is 2.70. The molecule has 1 atom stereocenters. The molecule has 0 spiro atoms. The van der Waals surface area contributed by atoms with Crippen LogP contribution in [0.4, 0.5) is 0 Å². The molecule has 1 aromatic rings. The summed E-state index contributed by atoms with van der Waals surface area (Å²) < 4.78 is 0. The van der Waals surface area contributed by atoms with Gasteiger partial charge < -0.3 is 10.2 Å². The van der Waals surface area contributed by atoms with Gasteiger partial charge in [-0.15, -0.1) is 0 Å². The Morgan fingerprint density at radius 2 is 1.81 bits per heavy atom. The van der Waals surface area contributed by atoms with Crippen molar-refractivity contribution >= 4 is 0 Å². The summed E-state index contributed by atoms with van der Waals surface area (Å²) in [5.41, 5.74) is 1.34. The van der Waals surface area contributed by atoms with Gasteiger partial charge in [-0.2, -0.15) is 7.05 Å². The number of hydrogen-bond acceptors (Lipinski definition) is 1. The summed E-state index contributed by atoms with van der Waals surface area (Å²) in [4.78, 5) is 2.52. The Kier molecular flexibility index (Phi) is 6.16. The van der Waals surface area contributed by atoms with Crippen LogP contribution in [-0.4, -0.2) is 31.6 Å². The molecule has 1 heterocycles. The molecule has 0 amide bonds. The Labute approximate surface area is 111 Å². The molecular weight excluding hydrogens is 191 g/mol. The van der Waals surface area contributed by atoms with Crippen molar-refractivity contribution in [3.8, 4) is 0 Å². The first-order valence-electron chi connectivity index (χ1n) is 5.76. The van der Waals surface area contributed by atoms with Crippen molar-refractivity contribution in [3.05, 3.63) is 41.2 Å². The number of benzene rings is 1. The fourth-order valence-electron chi connectivity index (χ4n) is 2.22. The minimum Gasteiger partial charge on any atom is -0.657 e. The molecule has 1 fully saturated rings. The SMILES string of the molecule is C[N-]C(CN1CCCC1)c1ccccc1.[Li+]. The summed E-state index contributed by atoms with van der Waals surface area (Å²) in [5.74, 6) is 0. The normalized spacial score (nSPS) is 18.1. The summed E-state index contributed by atoms with van der Waals surface area (Å²) >= 11 is 0. The van der Waals surface area contributed by atoms with Crippen LogP contribution in [0, 0.1) is 0 Å². The van der Waals surface area contributed by atoms with Gasteiger partial charge in [0.2, 0.25) is 0 Å². The van der Waals surface area contributed by atoms with E-state index in [1.54, 1.807) is 0 Å². The predicted octanol–water partition coefficient (Wildman–Crippen LogP) is -0.169. The molecule has 0 N–H and O–H groups in total.